The fourth-order valence-corrected chi connectivity index (χ4v) is 4.46. The zero-order valence-electron chi connectivity index (χ0n) is 21.3. The predicted molar refractivity (Wildman–Crippen MR) is 142 cm³/mol. The van der Waals surface area contributed by atoms with Gasteiger partial charge in [0, 0.05) is 19.8 Å². The van der Waals surface area contributed by atoms with E-state index in [1.807, 2.05) is 42.5 Å². The van der Waals surface area contributed by atoms with Crippen LogP contribution in [0.5, 0.6) is 5.75 Å². The van der Waals surface area contributed by atoms with Crippen molar-refractivity contribution in [3.63, 3.8) is 0 Å². The van der Waals surface area contributed by atoms with E-state index < -0.39 is 31.1 Å². The molecule has 6 N–H and O–H groups in total. The van der Waals surface area contributed by atoms with Crippen molar-refractivity contribution >= 4 is 34.5 Å². The van der Waals surface area contributed by atoms with Gasteiger partial charge in [-0.15, -0.1) is 0 Å². The highest BCUT2D eigenvalue weighted by Crippen LogP contribution is 2.38. The maximum absolute atomic E-state index is 11.5. The predicted octanol–water partition coefficient (Wildman–Crippen LogP) is 0.580. The lowest BCUT2D eigenvalue weighted by Gasteiger charge is -2.24. The summed E-state index contributed by atoms with van der Waals surface area (Å²) in [5, 5.41) is 33.2. The third kappa shape index (κ3) is 4.95. The molecular formula is C26H29N7O6. The number of hydrogen-bond donors (Lipinski definition) is 5. The van der Waals surface area contributed by atoms with Gasteiger partial charge in [0.15, 0.2) is 29.8 Å². The molecule has 5 rings (SSSR count). The van der Waals surface area contributed by atoms with E-state index in [9.17, 15) is 20.1 Å². The van der Waals surface area contributed by atoms with Gasteiger partial charge in [-0.1, -0.05) is 24.3 Å². The molecule has 1 aliphatic rings. The summed E-state index contributed by atoms with van der Waals surface area (Å²) in [6, 6.07) is 15.1. The molecule has 4 atom stereocenters. The van der Waals surface area contributed by atoms with E-state index in [1.165, 1.54) is 10.9 Å². The summed E-state index contributed by atoms with van der Waals surface area (Å²) < 4.78 is 12.9. The summed E-state index contributed by atoms with van der Waals surface area (Å²) in [5.74, 6) is 0.838. The van der Waals surface area contributed by atoms with Crippen molar-refractivity contribution in [1.29, 1.82) is 0 Å². The number of amides is 1. The zero-order chi connectivity index (χ0) is 27.7. The molecule has 39 heavy (non-hydrogen) atoms. The smallest absolute Gasteiger partial charge is 0.257 e. The molecule has 0 spiro atoms. The number of imidazole rings is 1. The molecule has 1 fully saturated rings. The molecule has 2 aromatic heterocycles. The second kappa shape index (κ2) is 10.8. The Bertz CT molecular complexity index is 1480. The van der Waals surface area contributed by atoms with Crippen LogP contribution in [0.25, 0.3) is 22.3 Å². The lowest BCUT2D eigenvalue weighted by Crippen LogP contribution is -2.33. The van der Waals surface area contributed by atoms with Crippen LogP contribution in [-0.4, -0.2) is 86.4 Å². The van der Waals surface area contributed by atoms with Crippen molar-refractivity contribution in [1.82, 2.24) is 24.8 Å². The number of rotatable bonds is 8. The van der Waals surface area contributed by atoms with Gasteiger partial charge < -0.3 is 40.7 Å². The number of nitrogens with two attached hydrogens (primary N) is 1. The summed E-state index contributed by atoms with van der Waals surface area (Å²) in [6.07, 6.45) is -3.42. The van der Waals surface area contributed by atoms with E-state index >= 15 is 0 Å². The summed E-state index contributed by atoms with van der Waals surface area (Å²) in [6.45, 7) is -0.543. The van der Waals surface area contributed by atoms with Crippen molar-refractivity contribution < 1.29 is 29.6 Å². The van der Waals surface area contributed by atoms with Crippen molar-refractivity contribution in [3.05, 3.63) is 54.9 Å². The third-order valence-electron chi connectivity index (χ3n) is 6.63. The van der Waals surface area contributed by atoms with Crippen LogP contribution in [0, 0.1) is 0 Å². The molecule has 0 bridgehead atoms. The van der Waals surface area contributed by atoms with Crippen LogP contribution >= 0.6 is 0 Å². The number of fused-ring (bicyclic) bond motifs is 1. The second-order valence-electron chi connectivity index (χ2n) is 9.04. The summed E-state index contributed by atoms with van der Waals surface area (Å²) in [4.78, 5) is 26.2. The molecule has 1 aliphatic heterocycles. The van der Waals surface area contributed by atoms with Gasteiger partial charge in [0.05, 0.1) is 6.61 Å². The molecule has 2 aromatic carbocycles. The highest BCUT2D eigenvalue weighted by molar-refractivity contribution is 5.85. The maximum Gasteiger partial charge on any atom is 0.257 e. The van der Waals surface area contributed by atoms with Crippen LogP contribution in [-0.2, 0) is 9.53 Å². The standard InChI is InChI=1S/C26H29N7O6/c1-28-19(35)12-38-17-5-3-4-15(10-17)14-6-8-16(9-7-14)32(2)26-31-20-23(27)29-13-30-24(20)33(26)25-22(37)21(36)18(11-34)39-25/h3-10,13,18,21-22,25,34,36-37H,11-12H2,1-2H3,(H,28,35)(H2,27,29,30)/t18-,21-,22-,25-/m1/s1. The van der Waals surface area contributed by atoms with Crippen molar-refractivity contribution in [3.8, 4) is 16.9 Å². The molecule has 13 heteroatoms. The Morgan fingerprint density at radius 1 is 1.15 bits per heavy atom. The lowest BCUT2D eigenvalue weighted by atomic mass is 10.0. The Hall–Kier alpha value is -4.30. The average molecular weight is 536 g/mol. The molecule has 13 nitrogen and oxygen atoms in total. The fourth-order valence-electron chi connectivity index (χ4n) is 4.46. The number of carbonyl (C=O) groups is 1. The first kappa shape index (κ1) is 26.3. The van der Waals surface area contributed by atoms with Crippen LogP contribution < -0.4 is 20.7 Å². The number of ether oxygens (including phenoxy) is 2. The molecule has 4 aromatic rings. The first-order valence-electron chi connectivity index (χ1n) is 12.2. The highest BCUT2D eigenvalue weighted by Gasteiger charge is 2.45. The Morgan fingerprint density at radius 2 is 1.92 bits per heavy atom. The monoisotopic (exact) mass is 535 g/mol. The average Bonchev–Trinajstić information content (AvgIpc) is 3.49. The number of aliphatic hydroxyl groups is 3. The number of aromatic nitrogens is 4. The van der Waals surface area contributed by atoms with Crippen LogP contribution in [0.3, 0.4) is 0 Å². The number of anilines is 3. The van der Waals surface area contributed by atoms with E-state index in [1.54, 1.807) is 25.1 Å². The molecule has 204 valence electrons. The number of benzene rings is 2. The normalized spacial score (nSPS) is 20.7. The molecular weight excluding hydrogens is 506 g/mol. The number of carbonyl (C=O) groups excluding carboxylic acids is 1. The van der Waals surface area contributed by atoms with Crippen LogP contribution in [0.1, 0.15) is 6.23 Å². The molecule has 1 amide bonds. The number of nitrogens with one attached hydrogen (secondary N) is 1. The maximum atomic E-state index is 11.5. The molecule has 0 saturated carbocycles. The van der Waals surface area contributed by atoms with E-state index in [0.29, 0.717) is 22.9 Å². The number of nitrogens with zero attached hydrogens (tertiary/aromatic N) is 5. The van der Waals surface area contributed by atoms with Gasteiger partial charge in [-0.2, -0.15) is 0 Å². The van der Waals surface area contributed by atoms with Gasteiger partial charge in [0.1, 0.15) is 30.4 Å². The Balaban J connectivity index is 1.46. The lowest BCUT2D eigenvalue weighted by molar-refractivity contribution is -0.122. The Labute approximate surface area is 223 Å². The summed E-state index contributed by atoms with van der Waals surface area (Å²) >= 11 is 0. The molecule has 0 radical (unpaired) electrons. The topological polar surface area (TPSA) is 181 Å². The van der Waals surface area contributed by atoms with Gasteiger partial charge in [0.2, 0.25) is 5.95 Å². The minimum Gasteiger partial charge on any atom is -0.484 e. The highest BCUT2D eigenvalue weighted by atomic mass is 16.6. The third-order valence-corrected chi connectivity index (χ3v) is 6.63. The van der Waals surface area contributed by atoms with Crippen molar-refractivity contribution in [2.24, 2.45) is 0 Å². The SMILES string of the molecule is CNC(=O)COc1cccc(-c2ccc(N(C)c3nc4c(N)ncnc4n3[C@@H]3O[C@H](CO)[C@@H](O)[C@H]3O)cc2)c1. The minimum absolute atomic E-state index is 0.0743. The van der Waals surface area contributed by atoms with Crippen molar-refractivity contribution in [2.45, 2.75) is 24.5 Å². The van der Waals surface area contributed by atoms with Crippen LogP contribution in [0.15, 0.2) is 54.9 Å². The first-order valence-corrected chi connectivity index (χ1v) is 12.2. The van der Waals surface area contributed by atoms with Gasteiger partial charge >= 0.3 is 0 Å². The van der Waals surface area contributed by atoms with Gasteiger partial charge in [0.25, 0.3) is 5.91 Å². The summed E-state index contributed by atoms with van der Waals surface area (Å²) in [7, 11) is 3.33. The largest absolute Gasteiger partial charge is 0.484 e. The number of hydrogen-bond acceptors (Lipinski definition) is 11. The summed E-state index contributed by atoms with van der Waals surface area (Å²) in [5.41, 5.74) is 9.26. The van der Waals surface area contributed by atoms with E-state index in [0.717, 1.165) is 16.8 Å². The molecule has 0 unspecified atom stereocenters. The molecule has 0 aliphatic carbocycles. The van der Waals surface area contributed by atoms with Crippen LogP contribution in [0.4, 0.5) is 17.5 Å². The van der Waals surface area contributed by atoms with Gasteiger partial charge in [-0.25, -0.2) is 15.0 Å². The number of aliphatic hydroxyl groups excluding tert-OH is 3. The Kier molecular flexibility index (Phi) is 7.30. The van der Waals surface area contributed by atoms with Gasteiger partial charge in [-0.3, -0.25) is 9.36 Å². The fraction of sp³-hybridized carbons (Fsp3) is 0.308. The zero-order valence-corrected chi connectivity index (χ0v) is 21.3. The first-order chi connectivity index (χ1) is 18.8. The Morgan fingerprint density at radius 3 is 2.62 bits per heavy atom. The number of nitrogen functional groups attached to an aromatic ring is 1. The van der Waals surface area contributed by atoms with Crippen LogP contribution in [0.2, 0.25) is 0 Å². The second-order valence-corrected chi connectivity index (χ2v) is 9.04. The van der Waals surface area contributed by atoms with Gasteiger partial charge in [-0.05, 0) is 35.4 Å². The van der Waals surface area contributed by atoms with E-state index in [2.05, 4.69) is 20.3 Å². The van der Waals surface area contributed by atoms with E-state index in [4.69, 9.17) is 15.2 Å². The number of likely N-dealkylation sites (N-methyl/N-ethyl adjacent to an activating group) is 1. The minimum atomic E-state index is -1.34. The molecule has 1 saturated heterocycles. The van der Waals surface area contributed by atoms with E-state index in [-0.39, 0.29) is 18.3 Å². The quantitative estimate of drug-likeness (QED) is 0.213. The van der Waals surface area contributed by atoms with Crippen molar-refractivity contribution in [2.75, 3.05) is 37.9 Å². The molecule has 3 heterocycles.